The predicted molar refractivity (Wildman–Crippen MR) is 78.1 cm³/mol. The summed E-state index contributed by atoms with van der Waals surface area (Å²) in [7, 11) is 0. The SMILES string of the molecule is CC(C)C1OC(C(C)c2ccccc2)OCC1(C)C. The average Bonchev–Trinajstić information content (AvgIpc) is 2.38. The molecule has 0 aromatic heterocycles. The van der Waals surface area contributed by atoms with Crippen LogP contribution in [0.5, 0.6) is 0 Å². The molecule has 1 fully saturated rings. The monoisotopic (exact) mass is 262 g/mol. The fourth-order valence-corrected chi connectivity index (χ4v) is 2.98. The Morgan fingerprint density at radius 1 is 1.11 bits per heavy atom. The number of hydrogen-bond donors (Lipinski definition) is 0. The second-order valence-electron chi connectivity index (χ2n) is 6.67. The summed E-state index contributed by atoms with van der Waals surface area (Å²) in [6.07, 6.45) is 0.111. The predicted octanol–water partition coefficient (Wildman–Crippen LogP) is 4.21. The molecule has 1 aromatic carbocycles. The topological polar surface area (TPSA) is 18.5 Å². The molecule has 0 aliphatic carbocycles. The minimum absolute atomic E-state index is 0.0844. The highest BCUT2D eigenvalue weighted by Gasteiger charge is 2.41. The van der Waals surface area contributed by atoms with E-state index in [0.717, 1.165) is 6.61 Å². The number of benzene rings is 1. The van der Waals surface area contributed by atoms with Crippen LogP contribution in [-0.2, 0) is 9.47 Å². The van der Waals surface area contributed by atoms with Gasteiger partial charge in [-0.25, -0.2) is 0 Å². The van der Waals surface area contributed by atoms with Crippen molar-refractivity contribution in [2.75, 3.05) is 6.61 Å². The summed E-state index contributed by atoms with van der Waals surface area (Å²) in [5.74, 6) is 0.767. The Hall–Kier alpha value is -0.860. The molecule has 0 bridgehead atoms. The first-order valence-corrected chi connectivity index (χ1v) is 7.24. The highest BCUT2D eigenvalue weighted by molar-refractivity contribution is 5.19. The molecule has 1 aliphatic heterocycles. The summed E-state index contributed by atoms with van der Waals surface area (Å²) in [5.41, 5.74) is 1.36. The lowest BCUT2D eigenvalue weighted by molar-refractivity contribution is -0.275. The van der Waals surface area contributed by atoms with Gasteiger partial charge in [-0.1, -0.05) is 65.0 Å². The van der Waals surface area contributed by atoms with Crippen molar-refractivity contribution < 1.29 is 9.47 Å². The van der Waals surface area contributed by atoms with Gasteiger partial charge in [-0.2, -0.15) is 0 Å². The van der Waals surface area contributed by atoms with Gasteiger partial charge in [-0.15, -0.1) is 0 Å². The molecule has 1 aromatic rings. The Labute approximate surface area is 117 Å². The molecule has 106 valence electrons. The van der Waals surface area contributed by atoms with Crippen LogP contribution in [0.15, 0.2) is 30.3 Å². The second-order valence-corrected chi connectivity index (χ2v) is 6.67. The van der Waals surface area contributed by atoms with Gasteiger partial charge < -0.3 is 9.47 Å². The minimum atomic E-state index is -0.136. The Morgan fingerprint density at radius 3 is 2.32 bits per heavy atom. The number of hydrogen-bond acceptors (Lipinski definition) is 2. The molecule has 3 atom stereocenters. The maximum atomic E-state index is 6.26. The van der Waals surface area contributed by atoms with Gasteiger partial charge in [0.1, 0.15) is 0 Å². The molecule has 19 heavy (non-hydrogen) atoms. The number of ether oxygens (including phenoxy) is 2. The summed E-state index contributed by atoms with van der Waals surface area (Å²) < 4.78 is 12.2. The molecule has 1 aliphatic rings. The molecule has 0 N–H and O–H groups in total. The van der Waals surface area contributed by atoms with Crippen LogP contribution in [0.3, 0.4) is 0 Å². The van der Waals surface area contributed by atoms with E-state index in [0.29, 0.717) is 5.92 Å². The average molecular weight is 262 g/mol. The third kappa shape index (κ3) is 3.18. The molecule has 1 heterocycles. The van der Waals surface area contributed by atoms with Crippen molar-refractivity contribution in [1.82, 2.24) is 0 Å². The van der Waals surface area contributed by atoms with Crippen molar-refractivity contribution in [3.05, 3.63) is 35.9 Å². The van der Waals surface area contributed by atoms with Crippen LogP contribution in [0.2, 0.25) is 0 Å². The largest absolute Gasteiger partial charge is 0.351 e. The molecule has 2 heteroatoms. The van der Waals surface area contributed by atoms with Crippen LogP contribution >= 0.6 is 0 Å². The molecule has 3 unspecified atom stereocenters. The number of rotatable bonds is 3. The molecule has 0 saturated carbocycles. The first kappa shape index (κ1) is 14.5. The molecule has 0 radical (unpaired) electrons. The van der Waals surface area contributed by atoms with Gasteiger partial charge in [0.15, 0.2) is 6.29 Å². The van der Waals surface area contributed by atoms with Crippen LogP contribution in [-0.4, -0.2) is 19.0 Å². The van der Waals surface area contributed by atoms with E-state index in [2.05, 4.69) is 58.9 Å². The van der Waals surface area contributed by atoms with Crippen molar-refractivity contribution >= 4 is 0 Å². The maximum absolute atomic E-state index is 6.26. The van der Waals surface area contributed by atoms with Crippen molar-refractivity contribution in [3.63, 3.8) is 0 Å². The van der Waals surface area contributed by atoms with Crippen molar-refractivity contribution in [3.8, 4) is 0 Å². The highest BCUT2D eigenvalue weighted by atomic mass is 16.7. The van der Waals surface area contributed by atoms with Gasteiger partial charge in [-0.3, -0.25) is 0 Å². The van der Waals surface area contributed by atoms with Crippen LogP contribution in [0.4, 0.5) is 0 Å². The van der Waals surface area contributed by atoms with Gasteiger partial charge in [0.25, 0.3) is 0 Å². The summed E-state index contributed by atoms with van der Waals surface area (Å²) in [6, 6.07) is 10.5. The van der Waals surface area contributed by atoms with E-state index >= 15 is 0 Å². The summed E-state index contributed by atoms with van der Waals surface area (Å²) in [5, 5.41) is 0. The zero-order valence-electron chi connectivity index (χ0n) is 12.7. The van der Waals surface area contributed by atoms with E-state index < -0.39 is 0 Å². The quantitative estimate of drug-likeness (QED) is 0.812. The van der Waals surface area contributed by atoms with E-state index in [1.54, 1.807) is 0 Å². The summed E-state index contributed by atoms with van der Waals surface area (Å²) >= 11 is 0. The van der Waals surface area contributed by atoms with Crippen LogP contribution in [0.1, 0.15) is 46.1 Å². The maximum Gasteiger partial charge on any atom is 0.164 e. The van der Waals surface area contributed by atoms with Gasteiger partial charge in [0, 0.05) is 11.3 Å². The van der Waals surface area contributed by atoms with E-state index in [9.17, 15) is 0 Å². The van der Waals surface area contributed by atoms with Crippen LogP contribution < -0.4 is 0 Å². The Bertz CT molecular complexity index is 397. The third-order valence-corrected chi connectivity index (χ3v) is 4.01. The molecular formula is C17H26O2. The lowest BCUT2D eigenvalue weighted by Crippen LogP contribution is -2.49. The first-order chi connectivity index (χ1) is 8.92. The van der Waals surface area contributed by atoms with E-state index in [1.807, 2.05) is 6.07 Å². The van der Waals surface area contributed by atoms with Crippen molar-refractivity contribution in [2.24, 2.45) is 11.3 Å². The summed E-state index contributed by atoms with van der Waals surface area (Å²) in [6.45, 7) is 11.8. The highest BCUT2D eigenvalue weighted by Crippen LogP contribution is 2.38. The van der Waals surface area contributed by atoms with Crippen LogP contribution in [0.25, 0.3) is 0 Å². The van der Waals surface area contributed by atoms with Gasteiger partial charge >= 0.3 is 0 Å². The lowest BCUT2D eigenvalue weighted by atomic mass is 9.80. The van der Waals surface area contributed by atoms with E-state index in [1.165, 1.54) is 5.56 Å². The smallest absolute Gasteiger partial charge is 0.164 e. The van der Waals surface area contributed by atoms with Gasteiger partial charge in [0.05, 0.1) is 12.7 Å². The third-order valence-electron chi connectivity index (χ3n) is 4.01. The zero-order valence-corrected chi connectivity index (χ0v) is 12.7. The normalized spacial score (nSPS) is 28.3. The van der Waals surface area contributed by atoms with Crippen molar-refractivity contribution in [1.29, 1.82) is 0 Å². The van der Waals surface area contributed by atoms with Gasteiger partial charge in [0.2, 0.25) is 0 Å². The molecule has 0 spiro atoms. The molecule has 0 amide bonds. The molecule has 2 rings (SSSR count). The second kappa shape index (κ2) is 5.64. The van der Waals surface area contributed by atoms with Crippen LogP contribution in [0, 0.1) is 11.3 Å². The fraction of sp³-hybridized carbons (Fsp3) is 0.647. The minimum Gasteiger partial charge on any atom is -0.351 e. The Balaban J connectivity index is 2.11. The Morgan fingerprint density at radius 2 is 1.74 bits per heavy atom. The Kier molecular flexibility index (Phi) is 4.32. The molecular weight excluding hydrogens is 236 g/mol. The summed E-state index contributed by atoms with van der Waals surface area (Å²) in [4.78, 5) is 0. The van der Waals surface area contributed by atoms with E-state index in [4.69, 9.17) is 9.47 Å². The molecule has 1 saturated heterocycles. The lowest BCUT2D eigenvalue weighted by Gasteiger charge is -2.45. The fourth-order valence-electron chi connectivity index (χ4n) is 2.98. The first-order valence-electron chi connectivity index (χ1n) is 7.24. The van der Waals surface area contributed by atoms with Gasteiger partial charge in [-0.05, 0) is 11.5 Å². The van der Waals surface area contributed by atoms with Crippen molar-refractivity contribution in [2.45, 2.75) is 52.9 Å². The zero-order chi connectivity index (χ0) is 14.0. The van der Waals surface area contributed by atoms with E-state index in [-0.39, 0.29) is 23.7 Å². The standard InChI is InChI=1S/C17H26O2/c1-12(2)15-17(4,5)11-18-16(19-15)13(3)14-9-7-6-8-10-14/h6-10,12-13,15-16H,11H2,1-5H3. The molecule has 2 nitrogen and oxygen atoms in total.